The fourth-order valence-corrected chi connectivity index (χ4v) is 3.48. The molecule has 0 saturated carbocycles. The minimum absolute atomic E-state index is 0.355. The van der Waals surface area contributed by atoms with Gasteiger partial charge in [0.05, 0.1) is 18.1 Å². The molecule has 0 bridgehead atoms. The summed E-state index contributed by atoms with van der Waals surface area (Å²) in [4.78, 5) is 9.21. The van der Waals surface area contributed by atoms with Crippen molar-refractivity contribution in [3.63, 3.8) is 0 Å². The summed E-state index contributed by atoms with van der Waals surface area (Å²) in [6.07, 6.45) is 1.80. The molecule has 4 aromatic rings. The molecule has 27 heavy (non-hydrogen) atoms. The van der Waals surface area contributed by atoms with Crippen LogP contribution in [0.4, 0.5) is 10.9 Å². The van der Waals surface area contributed by atoms with E-state index in [-0.39, 0.29) is 0 Å². The van der Waals surface area contributed by atoms with Crippen molar-refractivity contribution in [3.05, 3.63) is 53.7 Å². The average Bonchev–Trinajstić information content (AvgIpc) is 3.16. The Kier molecular flexibility index (Phi) is 4.68. The van der Waals surface area contributed by atoms with Gasteiger partial charge in [-0.1, -0.05) is 37.3 Å². The van der Waals surface area contributed by atoms with Crippen LogP contribution in [0.15, 0.2) is 48.7 Å². The summed E-state index contributed by atoms with van der Waals surface area (Å²) in [6, 6.07) is 13.8. The van der Waals surface area contributed by atoms with E-state index >= 15 is 0 Å². The molecule has 3 aromatic heterocycles. The zero-order valence-corrected chi connectivity index (χ0v) is 16.1. The summed E-state index contributed by atoms with van der Waals surface area (Å²) in [5.74, 6) is 1.90. The minimum Gasteiger partial charge on any atom is -0.497 e. The van der Waals surface area contributed by atoms with Crippen molar-refractivity contribution >= 4 is 33.3 Å². The molecule has 136 valence electrons. The van der Waals surface area contributed by atoms with Gasteiger partial charge in [-0.25, -0.2) is 4.98 Å². The van der Waals surface area contributed by atoms with Crippen molar-refractivity contribution in [3.8, 4) is 16.9 Å². The number of nitrogens with one attached hydrogen (secondary N) is 1. The van der Waals surface area contributed by atoms with Crippen LogP contribution in [0.2, 0.25) is 0 Å². The first-order valence-corrected chi connectivity index (χ1v) is 9.46. The van der Waals surface area contributed by atoms with Crippen LogP contribution in [0.1, 0.15) is 24.8 Å². The number of rotatable bonds is 5. The molecule has 0 spiro atoms. The Morgan fingerprint density at radius 1 is 1.00 bits per heavy atom. The molecule has 3 heterocycles. The molecule has 0 fully saturated rings. The first-order valence-electron chi connectivity index (χ1n) is 8.64. The molecule has 1 aromatic carbocycles. The van der Waals surface area contributed by atoms with Crippen LogP contribution in [-0.2, 0) is 0 Å². The van der Waals surface area contributed by atoms with Crippen molar-refractivity contribution in [2.75, 3.05) is 12.4 Å². The van der Waals surface area contributed by atoms with Crippen LogP contribution in [-0.4, -0.2) is 27.3 Å². The summed E-state index contributed by atoms with van der Waals surface area (Å²) in [5.41, 5.74) is 3.76. The van der Waals surface area contributed by atoms with E-state index in [1.54, 1.807) is 24.6 Å². The van der Waals surface area contributed by atoms with Crippen LogP contribution < -0.4 is 10.1 Å². The van der Waals surface area contributed by atoms with E-state index in [4.69, 9.17) is 9.72 Å². The molecule has 0 radical (unpaired) electrons. The summed E-state index contributed by atoms with van der Waals surface area (Å²) >= 11 is 1.54. The molecule has 0 unspecified atom stereocenters. The Morgan fingerprint density at radius 3 is 2.52 bits per heavy atom. The molecule has 0 aliphatic carbocycles. The lowest BCUT2D eigenvalue weighted by Gasteiger charge is -2.08. The van der Waals surface area contributed by atoms with Crippen molar-refractivity contribution in [1.82, 2.24) is 20.2 Å². The average molecular weight is 377 g/mol. The first-order chi connectivity index (χ1) is 13.1. The predicted molar refractivity (Wildman–Crippen MR) is 109 cm³/mol. The molecule has 0 atom stereocenters. The summed E-state index contributed by atoms with van der Waals surface area (Å²) in [6.45, 7) is 4.21. The van der Waals surface area contributed by atoms with Gasteiger partial charge in [0.2, 0.25) is 5.13 Å². The molecule has 6 nitrogen and oxygen atoms in total. The second kappa shape index (κ2) is 7.28. The van der Waals surface area contributed by atoms with Crippen molar-refractivity contribution in [2.24, 2.45) is 0 Å². The van der Waals surface area contributed by atoms with E-state index in [0.29, 0.717) is 5.92 Å². The molecule has 0 aliphatic heterocycles. The normalized spacial score (nSPS) is 11.1. The SMILES string of the molecule is COc1ccc(-c2ccnc3ccc(Nc4nnc(C(C)C)s4)nc23)cc1. The highest BCUT2D eigenvalue weighted by atomic mass is 32.1. The number of ether oxygens (including phenoxy) is 1. The second-order valence-corrected chi connectivity index (χ2v) is 7.39. The first kappa shape index (κ1) is 17.4. The number of anilines is 2. The number of nitrogens with zero attached hydrogens (tertiary/aromatic N) is 4. The maximum atomic E-state index is 5.25. The fraction of sp³-hybridized carbons (Fsp3) is 0.200. The summed E-state index contributed by atoms with van der Waals surface area (Å²) in [7, 11) is 1.66. The predicted octanol–water partition coefficient (Wildman–Crippen LogP) is 5.02. The van der Waals surface area contributed by atoms with Crippen molar-refractivity contribution in [1.29, 1.82) is 0 Å². The zero-order valence-electron chi connectivity index (χ0n) is 15.3. The van der Waals surface area contributed by atoms with Crippen LogP contribution in [0.5, 0.6) is 5.75 Å². The molecule has 0 amide bonds. The summed E-state index contributed by atoms with van der Waals surface area (Å²) < 4.78 is 5.25. The third-order valence-corrected chi connectivity index (χ3v) is 5.29. The van der Waals surface area contributed by atoms with Crippen LogP contribution in [0.3, 0.4) is 0 Å². The lowest BCUT2D eigenvalue weighted by atomic mass is 10.0. The highest BCUT2D eigenvalue weighted by Crippen LogP contribution is 2.30. The van der Waals surface area contributed by atoms with E-state index in [0.717, 1.165) is 43.9 Å². The van der Waals surface area contributed by atoms with Gasteiger partial charge in [-0.15, -0.1) is 10.2 Å². The van der Waals surface area contributed by atoms with E-state index in [9.17, 15) is 0 Å². The number of benzene rings is 1. The Labute approximate surface area is 161 Å². The van der Waals surface area contributed by atoms with Gasteiger partial charge < -0.3 is 10.1 Å². The zero-order chi connectivity index (χ0) is 18.8. The van der Waals surface area contributed by atoms with Crippen molar-refractivity contribution in [2.45, 2.75) is 19.8 Å². The topological polar surface area (TPSA) is 72.8 Å². The van der Waals surface area contributed by atoms with E-state index in [2.05, 4.69) is 34.3 Å². The van der Waals surface area contributed by atoms with Crippen LogP contribution in [0, 0.1) is 0 Å². The number of hydrogen-bond donors (Lipinski definition) is 1. The largest absolute Gasteiger partial charge is 0.497 e. The van der Waals surface area contributed by atoms with Gasteiger partial charge in [0.25, 0.3) is 0 Å². The molecule has 0 aliphatic rings. The van der Waals surface area contributed by atoms with Gasteiger partial charge in [-0.2, -0.15) is 0 Å². The number of methoxy groups -OCH3 is 1. The Morgan fingerprint density at radius 2 is 1.81 bits per heavy atom. The smallest absolute Gasteiger partial charge is 0.211 e. The molecular weight excluding hydrogens is 358 g/mol. The lowest BCUT2D eigenvalue weighted by Crippen LogP contribution is -1.95. The third-order valence-electron chi connectivity index (χ3n) is 4.15. The maximum absolute atomic E-state index is 5.25. The summed E-state index contributed by atoms with van der Waals surface area (Å²) in [5, 5.41) is 13.4. The third kappa shape index (κ3) is 3.59. The Hall–Kier alpha value is -3.06. The molecule has 7 heteroatoms. The van der Waals surface area contributed by atoms with E-state index in [1.165, 1.54) is 0 Å². The van der Waals surface area contributed by atoms with E-state index in [1.807, 2.05) is 42.5 Å². The van der Waals surface area contributed by atoms with Gasteiger partial charge in [0, 0.05) is 17.7 Å². The number of aromatic nitrogens is 4. The number of pyridine rings is 2. The second-order valence-electron chi connectivity index (χ2n) is 6.38. The highest BCUT2D eigenvalue weighted by molar-refractivity contribution is 7.15. The number of hydrogen-bond acceptors (Lipinski definition) is 7. The van der Waals surface area contributed by atoms with Gasteiger partial charge >= 0.3 is 0 Å². The van der Waals surface area contributed by atoms with Crippen LogP contribution in [0.25, 0.3) is 22.2 Å². The molecule has 0 saturated heterocycles. The monoisotopic (exact) mass is 377 g/mol. The highest BCUT2D eigenvalue weighted by Gasteiger charge is 2.11. The van der Waals surface area contributed by atoms with Gasteiger partial charge in [-0.3, -0.25) is 4.98 Å². The number of fused-ring (bicyclic) bond motifs is 1. The van der Waals surface area contributed by atoms with E-state index < -0.39 is 0 Å². The van der Waals surface area contributed by atoms with Gasteiger partial charge in [0.1, 0.15) is 16.6 Å². The van der Waals surface area contributed by atoms with Crippen LogP contribution >= 0.6 is 11.3 Å². The maximum Gasteiger partial charge on any atom is 0.211 e. The van der Waals surface area contributed by atoms with Gasteiger partial charge in [-0.05, 0) is 35.9 Å². The Balaban J connectivity index is 1.71. The fourth-order valence-electron chi connectivity index (χ4n) is 2.73. The standard InChI is InChI=1S/C20H19N5OS/c1-12(2)19-24-25-20(27-19)23-17-9-8-16-18(22-17)15(10-11-21-16)13-4-6-14(26-3)7-5-13/h4-12H,1-3H3,(H,22,23,25). The molecule has 4 rings (SSSR count). The minimum atomic E-state index is 0.355. The lowest BCUT2D eigenvalue weighted by molar-refractivity contribution is 0.415. The van der Waals surface area contributed by atoms with Crippen molar-refractivity contribution < 1.29 is 4.74 Å². The molecular formula is C20H19N5OS. The Bertz CT molecular complexity index is 1080. The quantitative estimate of drug-likeness (QED) is 0.526. The molecule has 1 N–H and O–H groups in total. The van der Waals surface area contributed by atoms with Gasteiger partial charge in [0.15, 0.2) is 0 Å².